The predicted octanol–water partition coefficient (Wildman–Crippen LogP) is 0.719. The molecule has 0 fully saturated rings. The fraction of sp³-hybridized carbons (Fsp3) is 0.500. The Bertz CT molecular complexity index is 343. The molecule has 15 heavy (non-hydrogen) atoms. The van der Waals surface area contributed by atoms with Crippen LogP contribution >= 0.6 is 27.3 Å². The molecule has 0 aromatic carbocycles. The van der Waals surface area contributed by atoms with Crippen molar-refractivity contribution >= 4 is 33.2 Å². The second-order valence-electron chi connectivity index (χ2n) is 2.73. The molecule has 7 heteroatoms. The van der Waals surface area contributed by atoms with E-state index in [1.54, 1.807) is 0 Å². The second kappa shape index (κ2) is 5.55. The van der Waals surface area contributed by atoms with Gasteiger partial charge in [-0.3, -0.25) is 0 Å². The number of hydrogen-bond donors (Lipinski definition) is 2. The van der Waals surface area contributed by atoms with Crippen LogP contribution in [0.15, 0.2) is 5.38 Å². The number of aliphatic hydroxyl groups is 2. The molecule has 0 bridgehead atoms. The van der Waals surface area contributed by atoms with E-state index in [1.807, 2.05) is 0 Å². The molecule has 1 aromatic rings. The summed E-state index contributed by atoms with van der Waals surface area (Å²) in [6, 6.07) is 0. The van der Waals surface area contributed by atoms with E-state index in [2.05, 4.69) is 25.7 Å². The lowest BCUT2D eigenvalue weighted by molar-refractivity contribution is 0.0338. The van der Waals surface area contributed by atoms with Gasteiger partial charge in [0.25, 0.3) is 0 Å². The zero-order valence-corrected chi connectivity index (χ0v) is 10.3. The Kier molecular flexibility index (Phi) is 4.65. The van der Waals surface area contributed by atoms with E-state index >= 15 is 0 Å². The van der Waals surface area contributed by atoms with Crippen molar-refractivity contribution in [2.75, 3.05) is 12.4 Å². The molecule has 0 radical (unpaired) electrons. The number of aliphatic hydroxyl groups excluding tert-OH is 2. The van der Waals surface area contributed by atoms with Crippen LogP contribution in [0.4, 0.5) is 0 Å². The average Bonchev–Trinajstić information content (AvgIpc) is 2.75. The monoisotopic (exact) mass is 295 g/mol. The summed E-state index contributed by atoms with van der Waals surface area (Å²) in [6.07, 6.45) is -2.03. The first-order valence-corrected chi connectivity index (χ1v) is 6.06. The number of hydrogen-bond acceptors (Lipinski definition) is 6. The summed E-state index contributed by atoms with van der Waals surface area (Å²) in [5.41, 5.74) is 0.137. The molecule has 5 nitrogen and oxygen atoms in total. The second-order valence-corrected chi connectivity index (χ2v) is 4.27. The van der Waals surface area contributed by atoms with E-state index in [0.29, 0.717) is 5.01 Å². The number of thiazole rings is 1. The van der Waals surface area contributed by atoms with Gasteiger partial charge in [0.15, 0.2) is 5.69 Å². The van der Waals surface area contributed by atoms with Crippen molar-refractivity contribution in [1.29, 1.82) is 0 Å². The minimum Gasteiger partial charge on any atom is -0.464 e. The molecule has 1 rings (SSSR count). The highest BCUT2D eigenvalue weighted by Gasteiger charge is 2.22. The summed E-state index contributed by atoms with van der Waals surface area (Å²) in [5, 5.41) is 20.9. The molecular weight excluding hydrogens is 286 g/mol. The third kappa shape index (κ3) is 2.97. The number of methoxy groups -OCH3 is 1. The molecule has 0 saturated heterocycles. The number of carbonyl (C=O) groups is 1. The van der Waals surface area contributed by atoms with Gasteiger partial charge in [-0.15, -0.1) is 11.3 Å². The molecule has 1 heterocycles. The molecule has 0 amide bonds. The maximum absolute atomic E-state index is 11.1. The zero-order valence-electron chi connectivity index (χ0n) is 7.88. The van der Waals surface area contributed by atoms with Crippen molar-refractivity contribution in [3.05, 3.63) is 16.1 Å². The molecule has 84 valence electrons. The van der Waals surface area contributed by atoms with E-state index in [9.17, 15) is 15.0 Å². The normalized spacial score (nSPS) is 14.7. The third-order valence-corrected chi connectivity index (χ3v) is 3.27. The van der Waals surface area contributed by atoms with Crippen LogP contribution in [-0.2, 0) is 4.74 Å². The number of carbonyl (C=O) groups excluding carboxylic acids is 1. The van der Waals surface area contributed by atoms with Gasteiger partial charge >= 0.3 is 5.97 Å². The van der Waals surface area contributed by atoms with Crippen LogP contribution in [0, 0.1) is 0 Å². The van der Waals surface area contributed by atoms with Crippen molar-refractivity contribution in [3.63, 3.8) is 0 Å². The number of aromatic nitrogens is 1. The summed E-state index contributed by atoms with van der Waals surface area (Å²) >= 11 is 4.14. The summed E-state index contributed by atoms with van der Waals surface area (Å²) in [5.74, 6) is -0.557. The lowest BCUT2D eigenvalue weighted by atomic mass is 10.2. The molecule has 0 aliphatic heterocycles. The van der Waals surface area contributed by atoms with Gasteiger partial charge in [0.05, 0.1) is 13.2 Å². The SMILES string of the molecule is COC(=O)c1csc(C(O)C(O)CBr)n1. The van der Waals surface area contributed by atoms with Crippen LogP contribution in [-0.4, -0.2) is 39.7 Å². The number of halogens is 1. The quantitative estimate of drug-likeness (QED) is 0.632. The van der Waals surface area contributed by atoms with Crippen molar-refractivity contribution in [2.45, 2.75) is 12.2 Å². The first-order valence-electron chi connectivity index (χ1n) is 4.06. The summed E-state index contributed by atoms with van der Waals surface area (Å²) < 4.78 is 4.47. The molecule has 0 aliphatic carbocycles. The predicted molar refractivity (Wildman–Crippen MR) is 58.2 cm³/mol. The number of alkyl halides is 1. The van der Waals surface area contributed by atoms with Gasteiger partial charge in [-0.25, -0.2) is 9.78 Å². The van der Waals surface area contributed by atoms with Crippen LogP contribution in [0.3, 0.4) is 0 Å². The number of ether oxygens (including phenoxy) is 1. The maximum atomic E-state index is 11.1. The highest BCUT2D eigenvalue weighted by molar-refractivity contribution is 9.09. The molecule has 0 aliphatic rings. The minimum atomic E-state index is -1.09. The van der Waals surface area contributed by atoms with E-state index in [4.69, 9.17) is 0 Å². The molecule has 2 N–H and O–H groups in total. The Morgan fingerprint density at radius 3 is 2.93 bits per heavy atom. The number of esters is 1. The summed E-state index contributed by atoms with van der Waals surface area (Å²) in [4.78, 5) is 14.9. The van der Waals surface area contributed by atoms with Crippen LogP contribution in [0.1, 0.15) is 21.6 Å². The largest absolute Gasteiger partial charge is 0.464 e. The van der Waals surface area contributed by atoms with E-state index in [1.165, 1.54) is 12.5 Å². The molecule has 0 saturated carbocycles. The highest BCUT2D eigenvalue weighted by atomic mass is 79.9. The molecule has 0 spiro atoms. The van der Waals surface area contributed by atoms with Gasteiger partial charge in [-0.1, -0.05) is 15.9 Å². The Labute approximate surface area is 98.8 Å². The van der Waals surface area contributed by atoms with Gasteiger partial charge in [0.1, 0.15) is 11.1 Å². The van der Waals surface area contributed by atoms with Crippen molar-refractivity contribution < 1.29 is 19.7 Å². The topological polar surface area (TPSA) is 79.7 Å². The van der Waals surface area contributed by atoms with Crippen molar-refractivity contribution in [3.8, 4) is 0 Å². The van der Waals surface area contributed by atoms with Crippen LogP contribution in [0.5, 0.6) is 0 Å². The van der Waals surface area contributed by atoms with Crippen molar-refractivity contribution in [1.82, 2.24) is 4.98 Å². The van der Waals surface area contributed by atoms with Gasteiger partial charge in [0.2, 0.25) is 0 Å². The Morgan fingerprint density at radius 2 is 2.40 bits per heavy atom. The van der Waals surface area contributed by atoms with E-state index in [0.717, 1.165) is 11.3 Å². The molecule has 2 unspecified atom stereocenters. The third-order valence-electron chi connectivity index (χ3n) is 1.69. The Morgan fingerprint density at radius 1 is 1.73 bits per heavy atom. The van der Waals surface area contributed by atoms with Gasteiger partial charge < -0.3 is 14.9 Å². The van der Waals surface area contributed by atoms with Gasteiger partial charge in [-0.2, -0.15) is 0 Å². The minimum absolute atomic E-state index is 0.137. The van der Waals surface area contributed by atoms with Crippen LogP contribution in [0.2, 0.25) is 0 Å². The van der Waals surface area contributed by atoms with Crippen LogP contribution in [0.25, 0.3) is 0 Å². The first kappa shape index (κ1) is 12.6. The van der Waals surface area contributed by atoms with Gasteiger partial charge in [-0.05, 0) is 0 Å². The van der Waals surface area contributed by atoms with Gasteiger partial charge in [0, 0.05) is 10.7 Å². The smallest absolute Gasteiger partial charge is 0.357 e. The first-order chi connectivity index (χ1) is 7.10. The summed E-state index contributed by atoms with van der Waals surface area (Å²) in [6.45, 7) is 0. The zero-order chi connectivity index (χ0) is 11.4. The molecule has 2 atom stereocenters. The Balaban J connectivity index is 2.79. The fourth-order valence-electron chi connectivity index (χ4n) is 0.871. The molecule has 1 aromatic heterocycles. The number of rotatable bonds is 4. The van der Waals surface area contributed by atoms with Crippen molar-refractivity contribution in [2.24, 2.45) is 0 Å². The summed E-state index contributed by atoms with van der Waals surface area (Å²) in [7, 11) is 1.26. The Hall–Kier alpha value is -0.500. The lowest BCUT2D eigenvalue weighted by Gasteiger charge is -2.11. The highest BCUT2D eigenvalue weighted by Crippen LogP contribution is 2.22. The maximum Gasteiger partial charge on any atom is 0.357 e. The fourth-order valence-corrected chi connectivity index (χ4v) is 2.05. The lowest BCUT2D eigenvalue weighted by Crippen LogP contribution is -2.19. The van der Waals surface area contributed by atoms with E-state index < -0.39 is 18.2 Å². The van der Waals surface area contributed by atoms with E-state index in [-0.39, 0.29) is 11.0 Å². The number of nitrogens with zero attached hydrogens (tertiary/aromatic N) is 1. The molecular formula is C8H10BrNO4S. The standard InChI is InChI=1S/C8H10BrNO4S/c1-14-8(13)4-3-15-7(10-4)6(12)5(11)2-9/h3,5-6,11-12H,2H2,1H3. The average molecular weight is 296 g/mol. The van der Waals surface area contributed by atoms with Crippen LogP contribution < -0.4 is 0 Å².